The third-order valence-corrected chi connectivity index (χ3v) is 8.90. The fraction of sp³-hybridized carbons (Fsp3) is 0.636. The Bertz CT molecular complexity index is 762. The average molecular weight is 611 g/mol. The van der Waals surface area contributed by atoms with Gasteiger partial charge in [-0.05, 0) is 76.2 Å². The fourth-order valence-corrected chi connectivity index (χ4v) is 7.21. The van der Waals surface area contributed by atoms with Gasteiger partial charge in [-0.1, -0.05) is 110 Å². The van der Waals surface area contributed by atoms with Crippen LogP contribution in [0, 0.1) is 67.1 Å². The molecule has 0 radical (unpaired) electrons. The van der Waals surface area contributed by atoms with E-state index >= 15 is 0 Å². The summed E-state index contributed by atoms with van der Waals surface area (Å²) in [4.78, 5) is 0. The Kier molecular flexibility index (Phi) is 13.8. The van der Waals surface area contributed by atoms with Crippen LogP contribution in [0.4, 0.5) is 0 Å². The van der Waals surface area contributed by atoms with Crippen LogP contribution in [0.2, 0.25) is 0 Å². The van der Waals surface area contributed by atoms with Crippen LogP contribution in [0.3, 0.4) is 0 Å². The molecule has 5 unspecified atom stereocenters. The van der Waals surface area contributed by atoms with E-state index in [4.69, 9.17) is 17.0 Å². The third kappa shape index (κ3) is 7.85. The maximum atomic E-state index is 4.93. The van der Waals surface area contributed by atoms with Crippen LogP contribution < -0.4 is 0 Å². The second-order valence-corrected chi connectivity index (χ2v) is 16.7. The molecule has 4 rings (SSSR count). The predicted molar refractivity (Wildman–Crippen MR) is 160 cm³/mol. The van der Waals surface area contributed by atoms with Gasteiger partial charge in [0.1, 0.15) is 0 Å². The Morgan fingerprint density at radius 3 is 1.64 bits per heavy atom. The molecule has 36 heavy (non-hydrogen) atoms. The standard InChI is InChI=1S/C31H46.2CH3.2ClH.Zr/c1-8-9-14-24(21-12-10-11-13-21)29-27-19-22(30(2,3)4)15-17-25(27)26-18-16-23(20-28(26)29)31(5,6)7;;;;;/h8,15-21,24-29H,1,9-14H2,2-7H3;2*1H3;2*1H;/q;2*-1;;;+4/p-2. The Labute approximate surface area is 243 Å². The summed E-state index contributed by atoms with van der Waals surface area (Å²) in [5.74, 6) is 5.22. The summed E-state index contributed by atoms with van der Waals surface area (Å²) in [5.41, 5.74) is 3.56. The van der Waals surface area contributed by atoms with Gasteiger partial charge in [0.25, 0.3) is 0 Å². The van der Waals surface area contributed by atoms with Crippen molar-refractivity contribution in [1.29, 1.82) is 0 Å². The monoisotopic (exact) mass is 608 g/mol. The SMILES string of the molecule is C=CCCC(C1CCCC1)C1C2C=C(C(C)(C)C)C=CC2C2C=CC(C(C)(C)C)=CC21.[CH3-].[CH3-].[Cl][Zr+2][Cl]. The molecular weight excluding hydrogens is 558 g/mol. The summed E-state index contributed by atoms with van der Waals surface area (Å²) < 4.78 is 0. The van der Waals surface area contributed by atoms with Crippen molar-refractivity contribution in [3.63, 3.8) is 0 Å². The van der Waals surface area contributed by atoms with Gasteiger partial charge in [-0.2, -0.15) is 0 Å². The number of hydrogen-bond donors (Lipinski definition) is 0. The minimum atomic E-state index is -0.826. The van der Waals surface area contributed by atoms with Gasteiger partial charge in [-0.3, -0.25) is 0 Å². The molecule has 0 aliphatic heterocycles. The summed E-state index contributed by atoms with van der Waals surface area (Å²) in [6.07, 6.45) is 26.0. The Morgan fingerprint density at radius 1 is 0.861 bits per heavy atom. The molecule has 0 N–H and O–H groups in total. The zero-order valence-corrected chi connectivity index (χ0v) is 28.3. The van der Waals surface area contributed by atoms with E-state index < -0.39 is 20.8 Å². The molecule has 5 atom stereocenters. The van der Waals surface area contributed by atoms with E-state index in [-0.39, 0.29) is 25.7 Å². The first kappa shape index (κ1) is 34.2. The van der Waals surface area contributed by atoms with Crippen molar-refractivity contribution < 1.29 is 20.8 Å². The molecule has 0 heterocycles. The van der Waals surface area contributed by atoms with Gasteiger partial charge in [-0.25, -0.2) is 0 Å². The second-order valence-electron chi connectivity index (χ2n) is 13.0. The van der Waals surface area contributed by atoms with E-state index in [1.54, 1.807) is 11.1 Å². The number of allylic oxidation sites excluding steroid dienone is 9. The van der Waals surface area contributed by atoms with Crippen molar-refractivity contribution in [1.82, 2.24) is 0 Å². The number of fused-ring (bicyclic) bond motifs is 3. The van der Waals surface area contributed by atoms with Crippen LogP contribution in [-0.4, -0.2) is 0 Å². The summed E-state index contributed by atoms with van der Waals surface area (Å²) in [7, 11) is 9.87. The molecule has 0 bridgehead atoms. The van der Waals surface area contributed by atoms with Gasteiger partial charge in [0, 0.05) is 0 Å². The topological polar surface area (TPSA) is 0 Å². The maximum absolute atomic E-state index is 4.93. The normalized spacial score (nSPS) is 29.7. The van der Waals surface area contributed by atoms with E-state index in [1.807, 2.05) is 0 Å². The first-order chi connectivity index (χ1) is 16.0. The molecule has 0 spiro atoms. The zero-order valence-electron chi connectivity index (χ0n) is 24.3. The van der Waals surface area contributed by atoms with Crippen molar-refractivity contribution in [3.8, 4) is 0 Å². The van der Waals surface area contributed by atoms with E-state index in [0.717, 1.165) is 17.8 Å². The van der Waals surface area contributed by atoms with E-state index in [2.05, 4.69) is 90.7 Å². The van der Waals surface area contributed by atoms with Crippen LogP contribution in [0.15, 0.2) is 60.3 Å². The third-order valence-electron chi connectivity index (χ3n) is 8.90. The van der Waals surface area contributed by atoms with Gasteiger partial charge in [0.2, 0.25) is 0 Å². The molecule has 0 aromatic carbocycles. The van der Waals surface area contributed by atoms with E-state index in [1.165, 1.54) is 38.5 Å². The Hall–Kier alpha value is 0.163. The summed E-state index contributed by atoms with van der Waals surface area (Å²) in [6.45, 7) is 18.4. The average Bonchev–Trinajstić information content (AvgIpc) is 3.40. The fourth-order valence-electron chi connectivity index (χ4n) is 7.21. The first-order valence-corrected chi connectivity index (χ1v) is 19.7. The molecule has 4 aliphatic rings. The number of halogens is 2. The summed E-state index contributed by atoms with van der Waals surface area (Å²) in [6, 6.07) is 0. The van der Waals surface area contributed by atoms with E-state index in [9.17, 15) is 0 Å². The van der Waals surface area contributed by atoms with Gasteiger partial charge in [0.05, 0.1) is 0 Å². The first-order valence-electron chi connectivity index (χ1n) is 13.4. The Morgan fingerprint density at radius 2 is 1.28 bits per heavy atom. The molecule has 202 valence electrons. The number of hydrogen-bond acceptors (Lipinski definition) is 0. The van der Waals surface area contributed by atoms with Crippen molar-refractivity contribution in [2.24, 2.45) is 52.3 Å². The molecule has 4 aliphatic carbocycles. The van der Waals surface area contributed by atoms with Crippen molar-refractivity contribution in [2.75, 3.05) is 0 Å². The summed E-state index contributed by atoms with van der Waals surface area (Å²) >= 11 is -0.826. The van der Waals surface area contributed by atoms with Gasteiger partial charge >= 0.3 is 37.9 Å². The molecule has 0 aromatic rings. The van der Waals surface area contributed by atoms with Gasteiger partial charge in [0.15, 0.2) is 0 Å². The van der Waals surface area contributed by atoms with Crippen LogP contribution in [0.5, 0.6) is 0 Å². The molecule has 0 amide bonds. The Balaban J connectivity index is 0.00000123. The molecule has 0 aromatic heterocycles. The molecular formula is C33H52Cl2Zr. The minimum absolute atomic E-state index is 0. The van der Waals surface area contributed by atoms with Crippen molar-refractivity contribution in [2.45, 2.75) is 80.1 Å². The van der Waals surface area contributed by atoms with Crippen molar-refractivity contribution >= 4 is 17.0 Å². The van der Waals surface area contributed by atoms with Crippen LogP contribution in [-0.2, 0) is 20.8 Å². The van der Waals surface area contributed by atoms with Gasteiger partial charge < -0.3 is 14.9 Å². The summed E-state index contributed by atoms with van der Waals surface area (Å²) in [5, 5.41) is 0. The van der Waals surface area contributed by atoms with Crippen LogP contribution >= 0.6 is 17.0 Å². The quantitative estimate of drug-likeness (QED) is 0.215. The van der Waals surface area contributed by atoms with Crippen molar-refractivity contribution in [3.05, 3.63) is 75.1 Å². The van der Waals surface area contributed by atoms with Crippen LogP contribution in [0.1, 0.15) is 80.1 Å². The molecule has 3 heteroatoms. The molecule has 2 fully saturated rings. The molecule has 2 saturated carbocycles. The molecule has 0 nitrogen and oxygen atoms in total. The van der Waals surface area contributed by atoms with E-state index in [0.29, 0.717) is 23.7 Å². The molecule has 0 saturated heterocycles. The number of rotatable bonds is 5. The van der Waals surface area contributed by atoms with Gasteiger partial charge in [-0.15, -0.1) is 6.58 Å². The second kappa shape index (κ2) is 14.5. The zero-order chi connectivity index (χ0) is 25.1. The van der Waals surface area contributed by atoms with Crippen LogP contribution in [0.25, 0.3) is 0 Å². The predicted octanol–water partition coefficient (Wildman–Crippen LogP) is 11.2.